The standard InChI is InChI=1S/C21H24N2O2/c1-5-7-8-17(6-2)15-25-19-11-9-18(10-12-19)22-21(24)20-13-14-23(4)16(20)3/h5-14H,1,15H2,2-4H3,(H,22,24)/b8-7-,17-6+. The van der Waals surface area contributed by atoms with Crippen LogP contribution in [0.1, 0.15) is 23.0 Å². The van der Waals surface area contributed by atoms with E-state index in [9.17, 15) is 4.79 Å². The summed E-state index contributed by atoms with van der Waals surface area (Å²) < 4.78 is 7.68. The van der Waals surface area contributed by atoms with Crippen LogP contribution < -0.4 is 10.1 Å². The Morgan fingerprint density at radius 2 is 2.00 bits per heavy atom. The van der Waals surface area contributed by atoms with Crippen LogP contribution in [0.15, 0.2) is 73.0 Å². The number of benzene rings is 1. The van der Waals surface area contributed by atoms with Gasteiger partial charge in [-0.3, -0.25) is 4.79 Å². The van der Waals surface area contributed by atoms with Crippen LogP contribution in [-0.2, 0) is 7.05 Å². The average Bonchev–Trinajstić information content (AvgIpc) is 2.95. The van der Waals surface area contributed by atoms with Crippen molar-refractivity contribution in [2.45, 2.75) is 13.8 Å². The fourth-order valence-electron chi connectivity index (χ4n) is 2.27. The van der Waals surface area contributed by atoms with E-state index in [4.69, 9.17) is 4.74 Å². The maximum Gasteiger partial charge on any atom is 0.257 e. The number of amides is 1. The molecule has 0 saturated carbocycles. The summed E-state index contributed by atoms with van der Waals surface area (Å²) in [6.07, 6.45) is 9.44. The SMILES string of the molecule is C=C/C=C\C(=C/C)COc1ccc(NC(=O)c2ccn(C)c2C)cc1. The fourth-order valence-corrected chi connectivity index (χ4v) is 2.27. The molecule has 1 N–H and O–H groups in total. The minimum absolute atomic E-state index is 0.113. The Bertz CT molecular complexity index is 796. The van der Waals surface area contributed by atoms with Gasteiger partial charge in [-0.25, -0.2) is 0 Å². The summed E-state index contributed by atoms with van der Waals surface area (Å²) in [7, 11) is 1.92. The number of allylic oxidation sites excluding steroid dienone is 3. The van der Waals surface area contributed by atoms with E-state index in [1.165, 1.54) is 0 Å². The smallest absolute Gasteiger partial charge is 0.257 e. The highest BCUT2D eigenvalue weighted by molar-refractivity contribution is 6.05. The van der Waals surface area contributed by atoms with Crippen molar-refractivity contribution < 1.29 is 9.53 Å². The summed E-state index contributed by atoms with van der Waals surface area (Å²) in [5.41, 5.74) is 3.41. The zero-order valence-corrected chi connectivity index (χ0v) is 15.0. The number of ether oxygens (including phenoxy) is 1. The molecule has 0 unspecified atom stereocenters. The molecule has 4 nitrogen and oxygen atoms in total. The van der Waals surface area contributed by atoms with Gasteiger partial charge in [-0.05, 0) is 49.8 Å². The Balaban J connectivity index is 1.95. The number of carbonyl (C=O) groups is 1. The van der Waals surface area contributed by atoms with E-state index in [0.29, 0.717) is 12.2 Å². The minimum Gasteiger partial charge on any atom is -0.489 e. The predicted octanol–water partition coefficient (Wildman–Crippen LogP) is 4.65. The molecule has 1 aromatic heterocycles. The van der Waals surface area contributed by atoms with E-state index < -0.39 is 0 Å². The number of carbonyl (C=O) groups excluding carboxylic acids is 1. The number of nitrogens with one attached hydrogen (secondary N) is 1. The highest BCUT2D eigenvalue weighted by Gasteiger charge is 2.11. The molecule has 0 aliphatic heterocycles. The van der Waals surface area contributed by atoms with Gasteiger partial charge in [0, 0.05) is 24.6 Å². The van der Waals surface area contributed by atoms with Gasteiger partial charge in [0.15, 0.2) is 0 Å². The van der Waals surface area contributed by atoms with Crippen molar-refractivity contribution in [1.82, 2.24) is 4.57 Å². The number of nitrogens with zero attached hydrogens (tertiary/aromatic N) is 1. The summed E-state index contributed by atoms with van der Waals surface area (Å²) in [5, 5.41) is 2.90. The Morgan fingerprint density at radius 1 is 1.28 bits per heavy atom. The Kier molecular flexibility index (Phi) is 6.40. The zero-order chi connectivity index (χ0) is 18.2. The number of hydrogen-bond acceptors (Lipinski definition) is 2. The fraction of sp³-hybridized carbons (Fsp3) is 0.190. The van der Waals surface area contributed by atoms with Gasteiger partial charge in [0.25, 0.3) is 5.91 Å². The Hall–Kier alpha value is -3.01. The van der Waals surface area contributed by atoms with Gasteiger partial charge in [0.2, 0.25) is 0 Å². The van der Waals surface area contributed by atoms with Crippen LogP contribution in [0.5, 0.6) is 5.75 Å². The highest BCUT2D eigenvalue weighted by atomic mass is 16.5. The average molecular weight is 336 g/mol. The number of anilines is 1. The molecule has 2 rings (SSSR count). The summed E-state index contributed by atoms with van der Waals surface area (Å²) in [5.74, 6) is 0.637. The summed E-state index contributed by atoms with van der Waals surface area (Å²) in [6, 6.07) is 9.17. The summed E-state index contributed by atoms with van der Waals surface area (Å²) >= 11 is 0. The van der Waals surface area contributed by atoms with Crippen LogP contribution >= 0.6 is 0 Å². The number of aryl methyl sites for hydroxylation is 1. The van der Waals surface area contributed by atoms with E-state index in [1.807, 2.05) is 80.2 Å². The second-order valence-electron chi connectivity index (χ2n) is 5.65. The van der Waals surface area contributed by atoms with E-state index in [2.05, 4.69) is 11.9 Å². The Morgan fingerprint density at radius 3 is 2.56 bits per heavy atom. The van der Waals surface area contributed by atoms with Crippen molar-refractivity contribution in [3.63, 3.8) is 0 Å². The van der Waals surface area contributed by atoms with E-state index in [1.54, 1.807) is 6.08 Å². The molecule has 25 heavy (non-hydrogen) atoms. The molecule has 0 bridgehead atoms. The topological polar surface area (TPSA) is 43.3 Å². The van der Waals surface area contributed by atoms with Crippen LogP contribution in [0.25, 0.3) is 0 Å². The molecule has 0 spiro atoms. The van der Waals surface area contributed by atoms with Crippen molar-refractivity contribution in [1.29, 1.82) is 0 Å². The second-order valence-corrected chi connectivity index (χ2v) is 5.65. The second kappa shape index (κ2) is 8.73. The molecule has 0 aliphatic rings. The molecule has 130 valence electrons. The molecule has 1 aromatic carbocycles. The van der Waals surface area contributed by atoms with Gasteiger partial charge in [0.05, 0.1) is 5.56 Å². The quantitative estimate of drug-likeness (QED) is 0.748. The zero-order valence-electron chi connectivity index (χ0n) is 15.0. The normalized spacial score (nSPS) is 11.6. The highest BCUT2D eigenvalue weighted by Crippen LogP contribution is 2.18. The number of aromatic nitrogens is 1. The molecule has 0 atom stereocenters. The third-order valence-electron chi connectivity index (χ3n) is 3.96. The van der Waals surface area contributed by atoms with E-state index >= 15 is 0 Å². The molecule has 1 heterocycles. The monoisotopic (exact) mass is 336 g/mol. The first-order chi connectivity index (χ1) is 12.0. The van der Waals surface area contributed by atoms with E-state index in [0.717, 1.165) is 22.7 Å². The maximum atomic E-state index is 12.3. The first-order valence-corrected chi connectivity index (χ1v) is 8.15. The van der Waals surface area contributed by atoms with Crippen molar-refractivity contribution in [2.24, 2.45) is 7.05 Å². The minimum atomic E-state index is -0.113. The molecule has 2 aromatic rings. The van der Waals surface area contributed by atoms with Gasteiger partial charge in [-0.1, -0.05) is 30.9 Å². The van der Waals surface area contributed by atoms with Crippen LogP contribution in [0.4, 0.5) is 5.69 Å². The lowest BCUT2D eigenvalue weighted by atomic mass is 10.2. The van der Waals surface area contributed by atoms with Crippen LogP contribution in [0.3, 0.4) is 0 Å². The van der Waals surface area contributed by atoms with Crippen LogP contribution in [-0.4, -0.2) is 17.1 Å². The maximum absolute atomic E-state index is 12.3. The summed E-state index contributed by atoms with van der Waals surface area (Å²) in [4.78, 5) is 12.3. The molecule has 4 heteroatoms. The van der Waals surface area contributed by atoms with Crippen LogP contribution in [0, 0.1) is 6.92 Å². The first-order valence-electron chi connectivity index (χ1n) is 8.15. The molecule has 0 radical (unpaired) electrons. The lowest BCUT2D eigenvalue weighted by molar-refractivity contribution is 0.102. The van der Waals surface area contributed by atoms with Gasteiger partial charge in [-0.15, -0.1) is 0 Å². The van der Waals surface area contributed by atoms with Crippen molar-refractivity contribution in [2.75, 3.05) is 11.9 Å². The van der Waals surface area contributed by atoms with Crippen LogP contribution in [0.2, 0.25) is 0 Å². The van der Waals surface area contributed by atoms with Gasteiger partial charge >= 0.3 is 0 Å². The number of rotatable bonds is 7. The third-order valence-corrected chi connectivity index (χ3v) is 3.96. The first kappa shape index (κ1) is 18.3. The van der Waals surface area contributed by atoms with Gasteiger partial charge in [0.1, 0.15) is 12.4 Å². The lowest BCUT2D eigenvalue weighted by Gasteiger charge is -2.09. The Labute approximate surface area is 149 Å². The molecular weight excluding hydrogens is 312 g/mol. The molecular formula is C21H24N2O2. The molecule has 0 fully saturated rings. The third kappa shape index (κ3) is 4.98. The molecule has 0 saturated heterocycles. The molecule has 0 aliphatic carbocycles. The van der Waals surface area contributed by atoms with Gasteiger partial charge < -0.3 is 14.6 Å². The summed E-state index contributed by atoms with van der Waals surface area (Å²) in [6.45, 7) is 8.03. The van der Waals surface area contributed by atoms with E-state index in [-0.39, 0.29) is 5.91 Å². The van der Waals surface area contributed by atoms with Crippen molar-refractivity contribution in [3.05, 3.63) is 84.2 Å². The largest absolute Gasteiger partial charge is 0.489 e. The number of hydrogen-bond donors (Lipinski definition) is 1. The lowest BCUT2D eigenvalue weighted by Crippen LogP contribution is -2.12. The van der Waals surface area contributed by atoms with Crippen molar-refractivity contribution in [3.8, 4) is 5.75 Å². The molecule has 1 amide bonds. The van der Waals surface area contributed by atoms with Crippen molar-refractivity contribution >= 4 is 11.6 Å². The predicted molar refractivity (Wildman–Crippen MR) is 103 cm³/mol. The van der Waals surface area contributed by atoms with Gasteiger partial charge in [-0.2, -0.15) is 0 Å².